The molecule has 0 aromatic heterocycles. The van der Waals surface area contributed by atoms with E-state index < -0.39 is 5.91 Å². The van der Waals surface area contributed by atoms with Gasteiger partial charge in [-0.1, -0.05) is 49.4 Å². The van der Waals surface area contributed by atoms with Crippen LogP contribution in [0.4, 0.5) is 0 Å². The van der Waals surface area contributed by atoms with Gasteiger partial charge in [-0.3, -0.25) is 9.69 Å². The Morgan fingerprint density at radius 3 is 2.35 bits per heavy atom. The number of primary amides is 1. The number of rotatable bonds is 10. The first-order chi connectivity index (χ1) is 12.5. The number of aliphatic hydroxyl groups is 1. The van der Waals surface area contributed by atoms with Crippen molar-refractivity contribution in [1.29, 1.82) is 0 Å². The first kappa shape index (κ1) is 19.9. The summed E-state index contributed by atoms with van der Waals surface area (Å²) in [4.78, 5) is 13.3. The van der Waals surface area contributed by atoms with E-state index in [4.69, 9.17) is 10.5 Å². The number of nitrogens with two attached hydrogens (primary N) is 1. The van der Waals surface area contributed by atoms with Gasteiger partial charge in [-0.2, -0.15) is 0 Å². The van der Waals surface area contributed by atoms with Crippen LogP contribution in [-0.4, -0.2) is 35.2 Å². The summed E-state index contributed by atoms with van der Waals surface area (Å²) in [6.45, 7) is 5.45. The Balaban J connectivity index is 2.24. The molecule has 5 heteroatoms. The maximum Gasteiger partial charge on any atom is 0.255 e. The molecule has 2 aromatic rings. The van der Waals surface area contributed by atoms with Crippen molar-refractivity contribution >= 4 is 5.91 Å². The zero-order valence-corrected chi connectivity index (χ0v) is 15.5. The molecule has 26 heavy (non-hydrogen) atoms. The van der Waals surface area contributed by atoms with Crippen LogP contribution in [0.2, 0.25) is 0 Å². The molecule has 0 heterocycles. The van der Waals surface area contributed by atoms with Crippen LogP contribution in [0.25, 0.3) is 0 Å². The molecule has 0 spiro atoms. The molecule has 2 aromatic carbocycles. The van der Waals surface area contributed by atoms with Gasteiger partial charge in [0.25, 0.3) is 5.91 Å². The molecule has 0 bridgehead atoms. The summed E-state index contributed by atoms with van der Waals surface area (Å²) in [6, 6.07) is 15.9. The van der Waals surface area contributed by atoms with Crippen molar-refractivity contribution in [2.45, 2.75) is 39.4 Å². The Kier molecular flexibility index (Phi) is 7.63. The van der Waals surface area contributed by atoms with E-state index in [1.54, 1.807) is 0 Å². The average Bonchev–Trinajstić information content (AvgIpc) is 2.63. The lowest BCUT2D eigenvalue weighted by molar-refractivity contribution is -0.119. The van der Waals surface area contributed by atoms with E-state index in [0.717, 1.165) is 18.5 Å². The zero-order chi connectivity index (χ0) is 18.9. The fourth-order valence-corrected chi connectivity index (χ4v) is 2.97. The summed E-state index contributed by atoms with van der Waals surface area (Å²) in [5.41, 5.74) is 8.62. The van der Waals surface area contributed by atoms with Gasteiger partial charge >= 0.3 is 0 Å². The quantitative estimate of drug-likeness (QED) is 0.686. The van der Waals surface area contributed by atoms with E-state index in [1.165, 1.54) is 11.1 Å². The third kappa shape index (κ3) is 5.58. The van der Waals surface area contributed by atoms with Gasteiger partial charge in [0.2, 0.25) is 0 Å². The van der Waals surface area contributed by atoms with Crippen LogP contribution in [-0.2, 0) is 17.9 Å². The van der Waals surface area contributed by atoms with E-state index in [2.05, 4.69) is 30.9 Å². The van der Waals surface area contributed by atoms with Gasteiger partial charge in [0.15, 0.2) is 6.61 Å². The number of hydrogen-bond acceptors (Lipinski definition) is 4. The summed E-state index contributed by atoms with van der Waals surface area (Å²) >= 11 is 0. The number of aliphatic hydroxyl groups excluding tert-OH is 1. The van der Waals surface area contributed by atoms with Crippen molar-refractivity contribution in [3.63, 3.8) is 0 Å². The zero-order valence-electron chi connectivity index (χ0n) is 15.5. The Bertz CT molecular complexity index is 714. The highest BCUT2D eigenvalue weighted by atomic mass is 16.5. The number of carbonyl (C=O) groups is 1. The van der Waals surface area contributed by atoms with Crippen molar-refractivity contribution < 1.29 is 14.6 Å². The predicted molar refractivity (Wildman–Crippen MR) is 103 cm³/mol. The number of benzene rings is 2. The molecule has 1 unspecified atom stereocenters. The fraction of sp³-hybridized carbons (Fsp3) is 0.381. The van der Waals surface area contributed by atoms with Gasteiger partial charge in [-0.15, -0.1) is 0 Å². The maximum atomic E-state index is 11.0. The van der Waals surface area contributed by atoms with E-state index >= 15 is 0 Å². The second-order valence-electron chi connectivity index (χ2n) is 6.44. The minimum absolute atomic E-state index is 0.0406. The summed E-state index contributed by atoms with van der Waals surface area (Å²) in [7, 11) is 0. The Hall–Kier alpha value is -2.37. The molecular weight excluding hydrogens is 328 g/mol. The minimum atomic E-state index is -0.502. The molecule has 3 N–H and O–H groups in total. The van der Waals surface area contributed by atoms with E-state index in [0.29, 0.717) is 12.3 Å². The van der Waals surface area contributed by atoms with Crippen LogP contribution >= 0.6 is 0 Å². The second kappa shape index (κ2) is 9.94. The summed E-state index contributed by atoms with van der Waals surface area (Å²) in [6.07, 6.45) is 0.840. The Morgan fingerprint density at radius 2 is 1.73 bits per heavy atom. The molecule has 1 amide bonds. The molecule has 140 valence electrons. The van der Waals surface area contributed by atoms with Crippen LogP contribution in [0.1, 0.15) is 30.0 Å². The highest BCUT2D eigenvalue weighted by molar-refractivity contribution is 5.75. The average molecular weight is 356 g/mol. The number of amides is 1. The number of ether oxygens (including phenoxy) is 1. The minimum Gasteiger partial charge on any atom is -0.483 e. The van der Waals surface area contributed by atoms with Gasteiger partial charge in [-0.25, -0.2) is 0 Å². The lowest BCUT2D eigenvalue weighted by atomic mass is 10.1. The monoisotopic (exact) mass is 356 g/mol. The van der Waals surface area contributed by atoms with E-state index in [1.807, 2.05) is 36.4 Å². The molecule has 0 fully saturated rings. The molecule has 1 atom stereocenters. The second-order valence-corrected chi connectivity index (χ2v) is 6.44. The number of aryl methyl sites for hydroxylation is 1. The van der Waals surface area contributed by atoms with Gasteiger partial charge in [0.1, 0.15) is 5.75 Å². The largest absolute Gasteiger partial charge is 0.483 e. The third-order valence-corrected chi connectivity index (χ3v) is 4.55. The Labute approximate surface area is 155 Å². The molecule has 0 aliphatic heterocycles. The molecule has 0 saturated heterocycles. The number of para-hydroxylation sites is 1. The smallest absolute Gasteiger partial charge is 0.255 e. The third-order valence-electron chi connectivity index (χ3n) is 4.55. The summed E-state index contributed by atoms with van der Waals surface area (Å²) in [5, 5.41) is 9.83. The van der Waals surface area contributed by atoms with Crippen LogP contribution in [0.3, 0.4) is 0 Å². The van der Waals surface area contributed by atoms with Gasteiger partial charge in [0, 0.05) is 24.7 Å². The van der Waals surface area contributed by atoms with Crippen LogP contribution in [0, 0.1) is 6.92 Å². The van der Waals surface area contributed by atoms with Crippen molar-refractivity contribution in [3.05, 3.63) is 65.2 Å². The van der Waals surface area contributed by atoms with E-state index in [-0.39, 0.29) is 19.3 Å². The first-order valence-corrected chi connectivity index (χ1v) is 8.93. The molecular formula is C21H28N2O3. The van der Waals surface area contributed by atoms with Crippen LogP contribution in [0.5, 0.6) is 5.75 Å². The lowest BCUT2D eigenvalue weighted by Gasteiger charge is -2.31. The standard InChI is InChI=1S/C21H28N2O3/c1-3-19(14-24)23(12-17-9-5-4-8-16(17)2)13-18-10-6-7-11-20(18)26-15-21(22)25/h4-11,19,24H,3,12-15H2,1-2H3,(H2,22,25). The predicted octanol–water partition coefficient (Wildman–Crippen LogP) is 2.63. The van der Waals surface area contributed by atoms with Crippen molar-refractivity contribution in [1.82, 2.24) is 4.90 Å². The van der Waals surface area contributed by atoms with Gasteiger partial charge in [-0.05, 0) is 30.5 Å². The number of hydrogen-bond donors (Lipinski definition) is 2. The number of nitrogens with zero attached hydrogens (tertiary/aromatic N) is 1. The number of carbonyl (C=O) groups excluding carboxylic acids is 1. The normalized spacial score (nSPS) is 12.2. The van der Waals surface area contributed by atoms with Gasteiger partial charge in [0.05, 0.1) is 6.61 Å². The van der Waals surface area contributed by atoms with Crippen LogP contribution < -0.4 is 10.5 Å². The van der Waals surface area contributed by atoms with Gasteiger partial charge < -0.3 is 15.6 Å². The molecule has 0 radical (unpaired) electrons. The van der Waals surface area contributed by atoms with Crippen LogP contribution in [0.15, 0.2) is 48.5 Å². The summed E-state index contributed by atoms with van der Waals surface area (Å²) < 4.78 is 5.56. The Morgan fingerprint density at radius 1 is 1.12 bits per heavy atom. The molecule has 5 nitrogen and oxygen atoms in total. The lowest BCUT2D eigenvalue weighted by Crippen LogP contribution is -2.37. The highest BCUT2D eigenvalue weighted by Crippen LogP contribution is 2.23. The highest BCUT2D eigenvalue weighted by Gasteiger charge is 2.19. The van der Waals surface area contributed by atoms with Crippen molar-refractivity contribution in [2.75, 3.05) is 13.2 Å². The molecule has 0 saturated carbocycles. The summed E-state index contributed by atoms with van der Waals surface area (Å²) in [5.74, 6) is 0.146. The SMILES string of the molecule is CCC(CO)N(Cc1ccccc1C)Cc1ccccc1OCC(N)=O. The fourth-order valence-electron chi connectivity index (χ4n) is 2.97. The maximum absolute atomic E-state index is 11.0. The molecule has 2 rings (SSSR count). The molecule has 0 aliphatic rings. The van der Waals surface area contributed by atoms with E-state index in [9.17, 15) is 9.90 Å². The first-order valence-electron chi connectivity index (χ1n) is 8.93. The molecule has 0 aliphatic carbocycles. The topological polar surface area (TPSA) is 75.8 Å². The van der Waals surface area contributed by atoms with Crippen molar-refractivity contribution in [2.24, 2.45) is 5.73 Å². The van der Waals surface area contributed by atoms with Crippen molar-refractivity contribution in [3.8, 4) is 5.75 Å².